The maximum absolute atomic E-state index is 13.5. The highest BCUT2D eigenvalue weighted by atomic mass is 16.7. The number of nitrogens with one attached hydrogen (secondary N) is 8. The van der Waals surface area contributed by atoms with E-state index in [0.717, 1.165) is 13.8 Å². The van der Waals surface area contributed by atoms with Crippen LogP contribution < -0.4 is 52.0 Å². The van der Waals surface area contributed by atoms with E-state index in [2.05, 4.69) is 63.2 Å². The number of aliphatic carboxylic acids is 3. The Morgan fingerprint density at radius 3 is 1.19 bits per heavy atom. The molecule has 8 rings (SSSR count). The van der Waals surface area contributed by atoms with Gasteiger partial charge in [0.05, 0.1) is 240 Å². The van der Waals surface area contributed by atoms with Crippen molar-refractivity contribution in [2.75, 3.05) is 191 Å². The summed E-state index contributed by atoms with van der Waals surface area (Å²) in [6, 6.07) is 26.4. The van der Waals surface area contributed by atoms with E-state index in [1.807, 2.05) is 12.1 Å². The number of carbonyl (C=O) groups excluding carboxylic acids is 8. The Morgan fingerprint density at radius 1 is 0.403 bits per heavy atom. The van der Waals surface area contributed by atoms with Gasteiger partial charge in [-0.1, -0.05) is 59.0 Å². The Hall–Kier alpha value is -11.9. The minimum atomic E-state index is -2.56. The molecule has 2 fully saturated rings. The van der Waals surface area contributed by atoms with Gasteiger partial charge < -0.3 is 174 Å². The molecule has 0 saturated carbocycles. The number of aromatic nitrogens is 6. The lowest BCUT2D eigenvalue weighted by Gasteiger charge is -2.46. The molecule has 2 aliphatic rings. The van der Waals surface area contributed by atoms with E-state index in [1.165, 1.54) is 24.3 Å². The van der Waals surface area contributed by atoms with E-state index in [4.69, 9.17) is 90.4 Å². The van der Waals surface area contributed by atoms with Crippen molar-refractivity contribution in [2.24, 2.45) is 0 Å². The molecule has 2 aliphatic heterocycles. The fourth-order valence-corrected chi connectivity index (χ4v) is 14.7. The molecule has 2 saturated heterocycles. The zero-order valence-corrected chi connectivity index (χ0v) is 83.4. The fourth-order valence-electron chi connectivity index (χ4n) is 14.7. The Bertz CT molecular complexity index is 4940. The van der Waals surface area contributed by atoms with Gasteiger partial charge in [0, 0.05) is 89.8 Å². The average Bonchev–Trinajstić information content (AvgIpc) is 1.41. The second kappa shape index (κ2) is 69.4. The maximum Gasteiger partial charge on any atom is 0.364 e. The Labute approximate surface area is 859 Å². The van der Waals surface area contributed by atoms with Crippen molar-refractivity contribution in [3.05, 3.63) is 144 Å². The number of amides is 8. The quantitative estimate of drug-likeness (QED) is 0.0195. The molecule has 0 aliphatic carbocycles. The van der Waals surface area contributed by atoms with E-state index in [-0.39, 0.29) is 246 Å². The molecule has 6 aromatic rings. The third-order valence-corrected chi connectivity index (χ3v) is 22.2. The van der Waals surface area contributed by atoms with Crippen molar-refractivity contribution in [3.63, 3.8) is 0 Å². The summed E-state index contributed by atoms with van der Waals surface area (Å²) < 4.78 is 104. The summed E-state index contributed by atoms with van der Waals surface area (Å²) >= 11 is 0. The van der Waals surface area contributed by atoms with Crippen LogP contribution in [0.1, 0.15) is 110 Å². The lowest BCUT2D eigenvalue weighted by molar-refractivity contribution is -0.312. The minimum Gasteiger partial charge on any atom is -0.481 e. The van der Waals surface area contributed by atoms with Crippen molar-refractivity contribution in [2.45, 2.75) is 183 Å². The van der Waals surface area contributed by atoms with Crippen molar-refractivity contribution in [1.29, 1.82) is 0 Å². The van der Waals surface area contributed by atoms with E-state index in [0.29, 0.717) is 66.9 Å². The summed E-state index contributed by atoms with van der Waals surface area (Å²) in [6.45, 7) is 5.13. The molecule has 0 radical (unpaired) electrons. The van der Waals surface area contributed by atoms with Crippen LogP contribution >= 0.6 is 0 Å². The molecule has 4 aromatic carbocycles. The zero-order valence-electron chi connectivity index (χ0n) is 83.4. The number of hydrogen-bond donors (Lipinski definition) is 17. The van der Waals surface area contributed by atoms with Crippen molar-refractivity contribution in [3.8, 4) is 23.0 Å². The number of carboxylic acids is 3. The summed E-state index contributed by atoms with van der Waals surface area (Å²) in [5, 5.41) is 134. The lowest BCUT2D eigenvalue weighted by atomic mass is 9.88. The van der Waals surface area contributed by atoms with Gasteiger partial charge in [0.2, 0.25) is 35.4 Å². The normalized spacial score (nSPS) is 18.5. The highest BCUT2D eigenvalue weighted by Gasteiger charge is 2.58. The standard InChI is InChI=1S/C97H140N14O38/c1-66(112)103-85-77(114)58-96(94(128)129,148-89(85)87(123)79(116)60-101-91(125)68-14-11-20-74(56-68)146-72-16-5-3-6-17-72)144-54-52-140-48-50-142-64-70-62-110(108-106-70)30-36-136-42-38-132-32-24-81(118)98-27-10-9-22-76(93(127)100-29-35-135-41-45-139-47-46-138-44-40-134-34-26-84(121)122)105-83(120)23-13-28-99-82(119)25-33-133-39-43-137-37-31-111-63-71(107-109-111)65-143-51-49-141-53-55-145-97(95(130)131)59-78(115)86(104-67(2)113)90(149-97)88(124)80(117)61-102-92(126)69-15-12-21-75(57-69)147-73-18-7-4-8-19-73/h3-8,11-12,14-21,56-57,62-63,76-80,85-90,114-117,123-124H,9-10,13,22-55,58-61,64-65H2,1-2H3,(H,98,118)(H,99,119)(H,100,127)(H,101,125)(H,102,126)(H,103,112)(H,104,113)(H,105,120)(H,121,122)(H,128,129)(H,130,131)/t76-,77-,78-,79+,80+,85+,86+,87+,88+,89+,90-,96+,97+/m0/s1. The number of benzene rings is 4. The molecular formula is C97H140N14O38. The number of rotatable bonds is 80. The van der Waals surface area contributed by atoms with Gasteiger partial charge in [-0.15, -0.1) is 10.2 Å². The molecule has 17 N–H and O–H groups in total. The summed E-state index contributed by atoms with van der Waals surface area (Å²) in [5.74, 6) is -11.7. The van der Waals surface area contributed by atoms with Crippen LogP contribution in [0.15, 0.2) is 122 Å². The first-order valence-corrected chi connectivity index (χ1v) is 49.0. The number of para-hydroxylation sites is 2. The van der Waals surface area contributed by atoms with Gasteiger partial charge in [-0.3, -0.25) is 43.2 Å². The van der Waals surface area contributed by atoms with Crippen LogP contribution in [0.25, 0.3) is 0 Å². The minimum absolute atomic E-state index is 0.00338. The van der Waals surface area contributed by atoms with Crippen LogP contribution in [0.2, 0.25) is 0 Å². The molecular weight excluding hydrogens is 1970 g/mol. The zero-order chi connectivity index (χ0) is 107. The fraction of sp³-hybridized carbons (Fsp3) is 0.598. The Morgan fingerprint density at radius 2 is 0.779 bits per heavy atom. The maximum atomic E-state index is 13.5. The second-order valence-electron chi connectivity index (χ2n) is 33.9. The van der Waals surface area contributed by atoms with Crippen molar-refractivity contribution >= 4 is 65.2 Å². The highest BCUT2D eigenvalue weighted by molar-refractivity contribution is 5.95. The number of unbranched alkanes of at least 4 members (excludes halogenated alkanes) is 1. The van der Waals surface area contributed by atoms with Crippen LogP contribution in [0, 0.1) is 0 Å². The SMILES string of the molecule is CC(=O)N[C@H]1[C@@H]([C@H](O)[C@H](O)CNC(=O)c2cccc(Oc3ccccc3)c2)O[C@@](OCCOCCOCc2cn(CCOCCOCCC(=O)NCCCC(=O)N[C@@H](CCCCNC(=O)CCOCCOCCn3cc(COCCOCCO[C@]4(C(=O)O)C[C@H](O)[C@@H](NC(C)=O)[C@H]([C@H](O)[C@H](O)CNC(=O)c5cccc(Oc6ccccc6)c5)O4)nn3)C(=O)NCCOCCOCCOCCOCCC(=O)O)nn2)(C(=O)O)C[C@@H]1O. The molecule has 0 spiro atoms. The van der Waals surface area contributed by atoms with Crippen molar-refractivity contribution < 1.29 is 184 Å². The number of carboxylic acid groups (broad SMARTS) is 3. The van der Waals surface area contributed by atoms with Gasteiger partial charge in [-0.25, -0.2) is 19.0 Å². The van der Waals surface area contributed by atoms with Gasteiger partial charge in [-0.2, -0.15) is 0 Å². The second-order valence-corrected chi connectivity index (χ2v) is 33.9. The number of ether oxygens (including phenoxy) is 18. The number of nitrogens with zero attached hydrogens (tertiary/aromatic N) is 6. The van der Waals surface area contributed by atoms with E-state index < -0.39 is 158 Å². The highest BCUT2D eigenvalue weighted by Crippen LogP contribution is 2.36. The Kier molecular flexibility index (Phi) is 57.0. The predicted molar refractivity (Wildman–Crippen MR) is 517 cm³/mol. The third-order valence-electron chi connectivity index (χ3n) is 22.2. The number of aliphatic hydroxyl groups excluding tert-OH is 6. The van der Waals surface area contributed by atoms with Gasteiger partial charge >= 0.3 is 17.9 Å². The number of carbonyl (C=O) groups is 11. The first-order valence-electron chi connectivity index (χ1n) is 49.0. The number of aliphatic hydroxyl groups is 6. The molecule has 52 nitrogen and oxygen atoms in total. The van der Waals surface area contributed by atoms with Crippen LogP contribution in [0.4, 0.5) is 0 Å². The van der Waals surface area contributed by atoms with Crippen LogP contribution in [-0.2, 0) is 145 Å². The molecule has 149 heavy (non-hydrogen) atoms. The molecule has 2 aromatic heterocycles. The number of hydrogen-bond acceptors (Lipinski definition) is 39. The smallest absolute Gasteiger partial charge is 0.364 e. The average molecular weight is 2110 g/mol. The largest absolute Gasteiger partial charge is 0.481 e. The lowest BCUT2D eigenvalue weighted by Crippen LogP contribution is -2.68. The molecule has 826 valence electrons. The van der Waals surface area contributed by atoms with Crippen LogP contribution in [-0.4, -0.2) is 411 Å². The Balaban J connectivity index is 0.627. The molecule has 8 amide bonds. The van der Waals surface area contributed by atoms with E-state index >= 15 is 0 Å². The van der Waals surface area contributed by atoms with Gasteiger partial charge in [-0.05, 0) is 86.3 Å². The molecule has 52 heteroatoms. The summed E-state index contributed by atoms with van der Waals surface area (Å²) in [7, 11) is 0. The van der Waals surface area contributed by atoms with Crippen molar-refractivity contribution in [1.82, 2.24) is 72.5 Å². The molecule has 13 atom stereocenters. The monoisotopic (exact) mass is 2110 g/mol. The van der Waals surface area contributed by atoms with E-state index in [9.17, 15) is 93.6 Å². The van der Waals surface area contributed by atoms with Gasteiger partial charge in [0.15, 0.2) is 0 Å². The first-order chi connectivity index (χ1) is 72.0. The summed E-state index contributed by atoms with van der Waals surface area (Å²) in [4.78, 5) is 139. The molecule has 0 bridgehead atoms. The molecule has 0 unspecified atom stereocenters. The van der Waals surface area contributed by atoms with E-state index in [1.54, 1.807) is 94.6 Å². The first kappa shape index (κ1) is 122. The van der Waals surface area contributed by atoms with Crippen LogP contribution in [0.5, 0.6) is 23.0 Å². The van der Waals surface area contributed by atoms with Gasteiger partial charge in [0.1, 0.15) is 64.8 Å². The predicted octanol–water partition coefficient (Wildman–Crippen LogP) is -1.40. The topological polar surface area (TPSA) is 694 Å². The summed E-state index contributed by atoms with van der Waals surface area (Å²) in [6.07, 6.45) is -11.0. The van der Waals surface area contributed by atoms with Crippen LogP contribution in [0.3, 0.4) is 0 Å². The van der Waals surface area contributed by atoms with Gasteiger partial charge in [0.25, 0.3) is 23.4 Å². The third kappa shape index (κ3) is 47.4. The molecule has 4 heterocycles. The summed E-state index contributed by atoms with van der Waals surface area (Å²) in [5.41, 5.74) is 1.33.